The standard InChI is InChI=1S/C10H15NO2/c1-7-6-11(10(2,3)4)9(13)5-8(7)12/h5-6,12H,1-4H3. The molecular formula is C10H15NO2. The van der Waals surface area contributed by atoms with Crippen LogP contribution in [0.2, 0.25) is 0 Å². The second-order valence-corrected chi connectivity index (χ2v) is 4.22. The van der Waals surface area contributed by atoms with Crippen LogP contribution in [0.15, 0.2) is 17.1 Å². The van der Waals surface area contributed by atoms with Crippen LogP contribution < -0.4 is 5.56 Å². The minimum absolute atomic E-state index is 0.0606. The van der Waals surface area contributed by atoms with Crippen molar-refractivity contribution in [1.82, 2.24) is 4.57 Å². The molecule has 0 aliphatic rings. The van der Waals surface area contributed by atoms with Gasteiger partial charge in [-0.15, -0.1) is 0 Å². The molecule has 0 bridgehead atoms. The van der Waals surface area contributed by atoms with Gasteiger partial charge in [0.2, 0.25) is 0 Å². The molecule has 13 heavy (non-hydrogen) atoms. The van der Waals surface area contributed by atoms with Crippen LogP contribution in [0.1, 0.15) is 26.3 Å². The number of hydrogen-bond donors (Lipinski definition) is 1. The molecule has 1 N–H and O–H groups in total. The molecule has 0 radical (unpaired) electrons. The van der Waals surface area contributed by atoms with Crippen molar-refractivity contribution in [1.29, 1.82) is 0 Å². The molecule has 0 aromatic carbocycles. The molecule has 72 valence electrons. The molecule has 0 saturated carbocycles. The summed E-state index contributed by atoms with van der Waals surface area (Å²) in [6.07, 6.45) is 1.68. The van der Waals surface area contributed by atoms with E-state index in [1.54, 1.807) is 17.7 Å². The third-order valence-electron chi connectivity index (χ3n) is 1.95. The fourth-order valence-corrected chi connectivity index (χ4v) is 1.15. The van der Waals surface area contributed by atoms with Crippen molar-refractivity contribution >= 4 is 0 Å². The highest BCUT2D eigenvalue weighted by Gasteiger charge is 2.15. The monoisotopic (exact) mass is 181 g/mol. The van der Waals surface area contributed by atoms with Gasteiger partial charge in [-0.3, -0.25) is 4.79 Å². The Balaban J connectivity index is 3.41. The van der Waals surface area contributed by atoms with Crippen LogP contribution in [0.3, 0.4) is 0 Å². The van der Waals surface area contributed by atoms with E-state index in [2.05, 4.69) is 0 Å². The SMILES string of the molecule is Cc1cn(C(C)(C)C)c(=O)cc1O. The molecule has 0 aliphatic heterocycles. The van der Waals surface area contributed by atoms with Gasteiger partial charge in [0.05, 0.1) is 0 Å². The van der Waals surface area contributed by atoms with Crippen LogP contribution in [0.25, 0.3) is 0 Å². The Kier molecular flexibility index (Phi) is 2.20. The topological polar surface area (TPSA) is 42.2 Å². The number of aromatic nitrogens is 1. The molecular weight excluding hydrogens is 166 g/mol. The Morgan fingerprint density at radius 1 is 1.38 bits per heavy atom. The summed E-state index contributed by atoms with van der Waals surface area (Å²) < 4.78 is 1.61. The van der Waals surface area contributed by atoms with E-state index in [9.17, 15) is 9.90 Å². The van der Waals surface area contributed by atoms with Gasteiger partial charge in [0.25, 0.3) is 5.56 Å². The van der Waals surface area contributed by atoms with Crippen LogP contribution in [-0.2, 0) is 5.54 Å². The number of rotatable bonds is 0. The van der Waals surface area contributed by atoms with Gasteiger partial charge < -0.3 is 9.67 Å². The van der Waals surface area contributed by atoms with Crippen molar-refractivity contribution in [2.75, 3.05) is 0 Å². The summed E-state index contributed by atoms with van der Waals surface area (Å²) in [5, 5.41) is 9.28. The Bertz CT molecular complexity index is 371. The van der Waals surface area contributed by atoms with Gasteiger partial charge in [0.1, 0.15) is 5.75 Å². The molecule has 3 heteroatoms. The van der Waals surface area contributed by atoms with E-state index in [0.29, 0.717) is 0 Å². The molecule has 1 aromatic rings. The van der Waals surface area contributed by atoms with Crippen LogP contribution in [-0.4, -0.2) is 9.67 Å². The number of aromatic hydroxyl groups is 1. The molecule has 0 atom stereocenters. The highest BCUT2D eigenvalue weighted by Crippen LogP contribution is 2.16. The molecule has 1 rings (SSSR count). The van der Waals surface area contributed by atoms with E-state index in [4.69, 9.17) is 0 Å². The molecule has 3 nitrogen and oxygen atoms in total. The molecule has 0 amide bonds. The van der Waals surface area contributed by atoms with Gasteiger partial charge in [-0.1, -0.05) is 0 Å². The second kappa shape index (κ2) is 2.91. The molecule has 1 heterocycles. The van der Waals surface area contributed by atoms with Crippen molar-refractivity contribution in [2.24, 2.45) is 0 Å². The zero-order valence-corrected chi connectivity index (χ0v) is 8.46. The summed E-state index contributed by atoms with van der Waals surface area (Å²) in [4.78, 5) is 11.4. The van der Waals surface area contributed by atoms with E-state index in [0.717, 1.165) is 5.56 Å². The fourth-order valence-electron chi connectivity index (χ4n) is 1.15. The second-order valence-electron chi connectivity index (χ2n) is 4.22. The first-order valence-corrected chi connectivity index (χ1v) is 4.25. The summed E-state index contributed by atoms with van der Waals surface area (Å²) in [6, 6.07) is 1.25. The van der Waals surface area contributed by atoms with Crippen molar-refractivity contribution in [3.63, 3.8) is 0 Å². The summed E-state index contributed by atoms with van der Waals surface area (Å²) in [5.74, 6) is 0.0606. The lowest BCUT2D eigenvalue weighted by Crippen LogP contribution is -2.32. The maximum absolute atomic E-state index is 11.4. The fraction of sp³-hybridized carbons (Fsp3) is 0.500. The maximum Gasteiger partial charge on any atom is 0.254 e. The summed E-state index contributed by atoms with van der Waals surface area (Å²) in [6.45, 7) is 7.62. The van der Waals surface area contributed by atoms with E-state index in [-0.39, 0.29) is 16.8 Å². The van der Waals surface area contributed by atoms with E-state index in [1.165, 1.54) is 6.07 Å². The van der Waals surface area contributed by atoms with Gasteiger partial charge in [0, 0.05) is 23.4 Å². The Morgan fingerprint density at radius 3 is 2.38 bits per heavy atom. The Labute approximate surface area is 77.6 Å². The first-order chi connectivity index (χ1) is 5.82. The van der Waals surface area contributed by atoms with E-state index < -0.39 is 0 Å². The zero-order chi connectivity index (χ0) is 10.2. The summed E-state index contributed by atoms with van der Waals surface area (Å²) in [7, 11) is 0. The van der Waals surface area contributed by atoms with Crippen molar-refractivity contribution in [3.8, 4) is 5.75 Å². The van der Waals surface area contributed by atoms with E-state index in [1.807, 2.05) is 20.8 Å². The van der Waals surface area contributed by atoms with Crippen LogP contribution in [0, 0.1) is 6.92 Å². The normalized spacial score (nSPS) is 11.7. The largest absolute Gasteiger partial charge is 0.507 e. The maximum atomic E-state index is 11.4. The minimum atomic E-state index is -0.241. The average Bonchev–Trinajstić information content (AvgIpc) is 1.94. The first-order valence-electron chi connectivity index (χ1n) is 4.25. The third kappa shape index (κ3) is 1.91. The van der Waals surface area contributed by atoms with Gasteiger partial charge in [-0.2, -0.15) is 0 Å². The highest BCUT2D eigenvalue weighted by molar-refractivity contribution is 5.27. The predicted octanol–water partition coefficient (Wildman–Crippen LogP) is 1.62. The molecule has 0 unspecified atom stereocenters. The lowest BCUT2D eigenvalue weighted by atomic mass is 10.1. The quantitative estimate of drug-likeness (QED) is 0.660. The lowest BCUT2D eigenvalue weighted by molar-refractivity contribution is 0.377. The van der Waals surface area contributed by atoms with Crippen LogP contribution in [0.4, 0.5) is 0 Å². The van der Waals surface area contributed by atoms with Gasteiger partial charge in [-0.05, 0) is 27.7 Å². The minimum Gasteiger partial charge on any atom is -0.507 e. The molecule has 0 saturated heterocycles. The molecule has 0 spiro atoms. The van der Waals surface area contributed by atoms with Crippen molar-refractivity contribution in [3.05, 3.63) is 28.2 Å². The lowest BCUT2D eigenvalue weighted by Gasteiger charge is -2.22. The van der Waals surface area contributed by atoms with Crippen molar-refractivity contribution < 1.29 is 5.11 Å². The molecule has 1 aromatic heterocycles. The Hall–Kier alpha value is -1.25. The smallest absolute Gasteiger partial charge is 0.254 e. The number of nitrogens with zero attached hydrogens (tertiary/aromatic N) is 1. The third-order valence-corrected chi connectivity index (χ3v) is 1.95. The van der Waals surface area contributed by atoms with Crippen LogP contribution >= 0.6 is 0 Å². The number of aryl methyl sites for hydroxylation is 1. The Morgan fingerprint density at radius 2 is 1.92 bits per heavy atom. The van der Waals surface area contributed by atoms with Gasteiger partial charge >= 0.3 is 0 Å². The van der Waals surface area contributed by atoms with Gasteiger partial charge in [-0.25, -0.2) is 0 Å². The zero-order valence-electron chi connectivity index (χ0n) is 8.46. The summed E-state index contributed by atoms with van der Waals surface area (Å²) >= 11 is 0. The molecule has 0 fully saturated rings. The predicted molar refractivity (Wildman–Crippen MR) is 52.1 cm³/mol. The number of pyridine rings is 1. The average molecular weight is 181 g/mol. The molecule has 0 aliphatic carbocycles. The summed E-state index contributed by atoms with van der Waals surface area (Å²) in [5.41, 5.74) is 0.306. The number of hydrogen-bond acceptors (Lipinski definition) is 2. The van der Waals surface area contributed by atoms with Crippen molar-refractivity contribution in [2.45, 2.75) is 33.2 Å². The first kappa shape index (κ1) is 9.84. The highest BCUT2D eigenvalue weighted by atomic mass is 16.3. The van der Waals surface area contributed by atoms with Crippen LogP contribution in [0.5, 0.6) is 5.75 Å². The van der Waals surface area contributed by atoms with Gasteiger partial charge in [0.15, 0.2) is 0 Å². The van der Waals surface area contributed by atoms with E-state index >= 15 is 0 Å².